The van der Waals surface area contributed by atoms with Crippen LogP contribution < -0.4 is 4.90 Å². The molecule has 4 atom stereocenters. The molecule has 1 aromatic heterocycles. The quantitative estimate of drug-likeness (QED) is 0.372. The second-order valence-electron chi connectivity index (χ2n) is 10.5. The molecule has 1 N–H and O–H groups in total. The van der Waals surface area contributed by atoms with Gasteiger partial charge in [-0.2, -0.15) is 0 Å². The van der Waals surface area contributed by atoms with Gasteiger partial charge in [0.2, 0.25) is 0 Å². The molecule has 196 valence electrons. The number of fused-ring (bicyclic) bond motifs is 2. The lowest BCUT2D eigenvalue weighted by molar-refractivity contribution is -0.146. The van der Waals surface area contributed by atoms with E-state index >= 15 is 4.39 Å². The first-order valence-corrected chi connectivity index (χ1v) is 13.8. The highest BCUT2D eigenvalue weighted by Crippen LogP contribution is 2.58. The molecule has 37 heavy (non-hydrogen) atoms. The normalized spacial score (nSPS) is 25.3. The van der Waals surface area contributed by atoms with Crippen molar-refractivity contribution in [2.45, 2.75) is 64.1 Å². The predicted molar refractivity (Wildman–Crippen MR) is 147 cm³/mol. The SMILES string of the molecule is C[C@H]1[C@H](C(C)(C)F)[C@@H](CCn2cc(CCO)nn2)O[C@]12C(=O)N(Cc1ccccc1)c1ccc(I)cc12. The van der Waals surface area contributed by atoms with Crippen LogP contribution in [0.4, 0.5) is 10.1 Å². The van der Waals surface area contributed by atoms with Crippen LogP contribution in [0.3, 0.4) is 0 Å². The number of carbonyl (C=O) groups excluding carboxylic acids is 1. The fourth-order valence-corrected chi connectivity index (χ4v) is 6.64. The number of hydrogen-bond donors (Lipinski definition) is 1. The number of halogens is 2. The van der Waals surface area contributed by atoms with Crippen LogP contribution in [0.2, 0.25) is 0 Å². The van der Waals surface area contributed by atoms with E-state index in [2.05, 4.69) is 32.9 Å². The molecular formula is C28H32FIN4O3. The van der Waals surface area contributed by atoms with E-state index in [1.54, 1.807) is 29.6 Å². The van der Waals surface area contributed by atoms with Crippen LogP contribution in [-0.4, -0.2) is 44.4 Å². The number of aliphatic hydroxyl groups excluding tert-OH is 1. The fourth-order valence-electron chi connectivity index (χ4n) is 6.15. The van der Waals surface area contributed by atoms with Crippen LogP contribution in [0.25, 0.3) is 0 Å². The highest BCUT2D eigenvalue weighted by atomic mass is 127. The number of aromatic nitrogens is 3. The number of aliphatic hydroxyl groups is 1. The number of aryl methyl sites for hydroxylation is 1. The highest BCUT2D eigenvalue weighted by Gasteiger charge is 2.66. The third-order valence-electron chi connectivity index (χ3n) is 7.70. The van der Waals surface area contributed by atoms with Gasteiger partial charge in [0.15, 0.2) is 5.60 Å². The fraction of sp³-hybridized carbons (Fsp3) is 0.464. The largest absolute Gasteiger partial charge is 0.396 e. The molecule has 2 aliphatic heterocycles. The third-order valence-corrected chi connectivity index (χ3v) is 8.37. The van der Waals surface area contributed by atoms with Gasteiger partial charge in [0.1, 0.15) is 5.67 Å². The Kier molecular flexibility index (Phi) is 7.14. The molecule has 7 nitrogen and oxygen atoms in total. The van der Waals surface area contributed by atoms with Crippen LogP contribution in [0.15, 0.2) is 54.7 Å². The zero-order chi connectivity index (χ0) is 26.4. The van der Waals surface area contributed by atoms with Crippen LogP contribution in [0.5, 0.6) is 0 Å². The average Bonchev–Trinajstić information content (AvgIpc) is 3.49. The van der Waals surface area contributed by atoms with Gasteiger partial charge in [0.05, 0.1) is 24.0 Å². The third kappa shape index (κ3) is 4.70. The number of benzene rings is 2. The van der Waals surface area contributed by atoms with Gasteiger partial charge in [-0.15, -0.1) is 5.10 Å². The Morgan fingerprint density at radius 2 is 1.97 bits per heavy atom. The molecule has 3 heterocycles. The number of ether oxygens (including phenoxy) is 1. The van der Waals surface area contributed by atoms with E-state index in [9.17, 15) is 4.79 Å². The number of rotatable bonds is 8. The number of alkyl halides is 1. The summed E-state index contributed by atoms with van der Waals surface area (Å²) in [5.74, 6) is -1.02. The van der Waals surface area contributed by atoms with E-state index in [1.165, 1.54) is 0 Å². The minimum absolute atomic E-state index is 0.00236. The van der Waals surface area contributed by atoms with E-state index in [0.717, 1.165) is 20.4 Å². The van der Waals surface area contributed by atoms with Gasteiger partial charge >= 0.3 is 0 Å². The van der Waals surface area contributed by atoms with Gasteiger partial charge in [-0.25, -0.2) is 4.39 Å². The minimum atomic E-state index is -1.56. The summed E-state index contributed by atoms with van der Waals surface area (Å²) in [6, 6.07) is 15.9. The molecule has 2 aliphatic rings. The molecule has 1 amide bonds. The first-order chi connectivity index (χ1) is 17.6. The van der Waals surface area contributed by atoms with Crippen LogP contribution in [-0.2, 0) is 34.6 Å². The first-order valence-electron chi connectivity index (χ1n) is 12.7. The molecule has 3 aromatic rings. The second kappa shape index (κ2) is 10.1. The van der Waals surface area contributed by atoms with Crippen molar-refractivity contribution in [1.82, 2.24) is 15.0 Å². The van der Waals surface area contributed by atoms with Gasteiger partial charge in [-0.05, 0) is 66.6 Å². The summed E-state index contributed by atoms with van der Waals surface area (Å²) >= 11 is 2.25. The summed E-state index contributed by atoms with van der Waals surface area (Å²) in [4.78, 5) is 16.1. The summed E-state index contributed by atoms with van der Waals surface area (Å²) < 4.78 is 25.3. The Morgan fingerprint density at radius 3 is 2.68 bits per heavy atom. The molecule has 1 fully saturated rings. The maximum Gasteiger partial charge on any atom is 0.264 e. The first kappa shape index (κ1) is 26.2. The Bertz CT molecular complexity index is 1280. The smallest absolute Gasteiger partial charge is 0.264 e. The van der Waals surface area contributed by atoms with Crippen LogP contribution in [0, 0.1) is 15.4 Å². The number of anilines is 1. The van der Waals surface area contributed by atoms with Gasteiger partial charge in [-0.1, -0.05) is 42.5 Å². The molecule has 5 rings (SSSR count). The van der Waals surface area contributed by atoms with E-state index in [-0.39, 0.29) is 18.4 Å². The standard InChI is InChI=1S/C28H32FIN4O3/c1-18-25(27(2,3)29)24(11-13-33-17-21(12-14-35)31-32-33)37-28(18)22-15-20(30)9-10-23(22)34(26(28)36)16-19-7-5-4-6-8-19/h4-10,15,17-18,24-25,35H,11-14,16H2,1-3H3/t18-,24+,25-,28+/m0/s1. The molecule has 0 unspecified atom stereocenters. The number of nitrogens with zero attached hydrogens (tertiary/aromatic N) is 4. The number of hydrogen-bond acceptors (Lipinski definition) is 5. The predicted octanol–water partition coefficient (Wildman–Crippen LogP) is 4.65. The summed E-state index contributed by atoms with van der Waals surface area (Å²) in [6.45, 7) is 6.01. The molecule has 9 heteroatoms. The molecule has 2 aromatic carbocycles. The van der Waals surface area contributed by atoms with Gasteiger partial charge in [0.25, 0.3) is 5.91 Å². The molecular weight excluding hydrogens is 586 g/mol. The van der Waals surface area contributed by atoms with E-state index in [0.29, 0.717) is 31.6 Å². The topological polar surface area (TPSA) is 80.5 Å². The summed E-state index contributed by atoms with van der Waals surface area (Å²) in [5, 5.41) is 17.4. The molecule has 0 saturated carbocycles. The van der Waals surface area contributed by atoms with E-state index < -0.39 is 23.3 Å². The summed E-state index contributed by atoms with van der Waals surface area (Å²) in [7, 11) is 0. The van der Waals surface area contributed by atoms with Crippen molar-refractivity contribution in [2.75, 3.05) is 11.5 Å². The Morgan fingerprint density at radius 1 is 1.22 bits per heavy atom. The summed E-state index contributed by atoms with van der Waals surface area (Å²) in [5.41, 5.74) is 0.541. The number of amides is 1. The Balaban J connectivity index is 1.50. The molecule has 0 aliphatic carbocycles. The monoisotopic (exact) mass is 618 g/mol. The zero-order valence-electron chi connectivity index (χ0n) is 21.3. The maximum absolute atomic E-state index is 15.8. The molecule has 1 spiro atoms. The van der Waals surface area contributed by atoms with Crippen molar-refractivity contribution in [1.29, 1.82) is 0 Å². The van der Waals surface area contributed by atoms with Crippen molar-refractivity contribution < 1.29 is 19.0 Å². The van der Waals surface area contributed by atoms with Gasteiger partial charge < -0.3 is 14.7 Å². The van der Waals surface area contributed by atoms with Crippen LogP contribution in [0.1, 0.15) is 44.0 Å². The maximum atomic E-state index is 15.8. The van der Waals surface area contributed by atoms with Crippen molar-refractivity contribution in [3.05, 3.63) is 75.1 Å². The molecule has 0 bridgehead atoms. The van der Waals surface area contributed by atoms with Crippen molar-refractivity contribution in [3.63, 3.8) is 0 Å². The average molecular weight is 618 g/mol. The van der Waals surface area contributed by atoms with E-state index in [1.807, 2.05) is 55.5 Å². The number of carbonyl (C=O) groups is 1. The van der Waals surface area contributed by atoms with Crippen molar-refractivity contribution in [2.24, 2.45) is 11.8 Å². The minimum Gasteiger partial charge on any atom is -0.396 e. The van der Waals surface area contributed by atoms with Crippen molar-refractivity contribution in [3.8, 4) is 0 Å². The lowest BCUT2D eigenvalue weighted by atomic mass is 9.71. The molecule has 1 saturated heterocycles. The van der Waals surface area contributed by atoms with Gasteiger partial charge in [-0.3, -0.25) is 9.48 Å². The Labute approximate surface area is 230 Å². The van der Waals surface area contributed by atoms with Crippen molar-refractivity contribution >= 4 is 34.2 Å². The van der Waals surface area contributed by atoms with Crippen LogP contribution >= 0.6 is 22.6 Å². The highest BCUT2D eigenvalue weighted by molar-refractivity contribution is 14.1. The summed E-state index contributed by atoms with van der Waals surface area (Å²) in [6.07, 6.45) is 2.21. The Hall–Kier alpha value is -2.37. The molecule has 0 radical (unpaired) electrons. The zero-order valence-corrected chi connectivity index (χ0v) is 23.4. The lowest BCUT2D eigenvalue weighted by Crippen LogP contribution is -2.45. The second-order valence-corrected chi connectivity index (χ2v) is 11.8. The van der Waals surface area contributed by atoms with E-state index in [4.69, 9.17) is 9.84 Å². The van der Waals surface area contributed by atoms with Gasteiger partial charge in [0, 0.05) is 46.7 Å². The lowest BCUT2D eigenvalue weighted by Gasteiger charge is -2.32.